The Morgan fingerprint density at radius 2 is 2.10 bits per heavy atom. The van der Waals surface area contributed by atoms with Gasteiger partial charge in [-0.2, -0.15) is 0 Å². The van der Waals surface area contributed by atoms with Crippen molar-refractivity contribution in [3.05, 3.63) is 34.9 Å². The Bertz CT molecular complexity index is 504. The van der Waals surface area contributed by atoms with Crippen molar-refractivity contribution in [1.82, 2.24) is 4.90 Å². The van der Waals surface area contributed by atoms with E-state index in [2.05, 4.69) is 10.1 Å². The predicted molar refractivity (Wildman–Crippen MR) is 83.8 cm³/mol. The van der Waals surface area contributed by atoms with Crippen molar-refractivity contribution in [2.75, 3.05) is 19.7 Å². The maximum atomic E-state index is 9.47. The molecule has 2 aliphatic heterocycles. The van der Waals surface area contributed by atoms with E-state index in [-0.39, 0.29) is 18.8 Å². The topological polar surface area (TPSA) is 45.1 Å². The van der Waals surface area contributed by atoms with Crippen LogP contribution in [0.5, 0.6) is 0 Å². The van der Waals surface area contributed by atoms with Crippen LogP contribution in [0.2, 0.25) is 5.02 Å². The van der Waals surface area contributed by atoms with Crippen molar-refractivity contribution in [2.45, 2.75) is 37.8 Å². The molecule has 1 aromatic rings. The van der Waals surface area contributed by atoms with Gasteiger partial charge in [0.2, 0.25) is 0 Å². The summed E-state index contributed by atoms with van der Waals surface area (Å²) in [7, 11) is 0. The van der Waals surface area contributed by atoms with Crippen molar-refractivity contribution in [3.63, 3.8) is 0 Å². The van der Waals surface area contributed by atoms with Crippen LogP contribution in [0.15, 0.2) is 29.4 Å². The van der Waals surface area contributed by atoms with Crippen LogP contribution in [-0.2, 0) is 4.84 Å². The summed E-state index contributed by atoms with van der Waals surface area (Å²) in [5.41, 5.74) is 2.05. The Morgan fingerprint density at radius 1 is 1.29 bits per heavy atom. The molecule has 1 unspecified atom stereocenters. The van der Waals surface area contributed by atoms with Gasteiger partial charge in [0, 0.05) is 24.0 Å². The van der Waals surface area contributed by atoms with E-state index in [1.54, 1.807) is 0 Å². The second-order valence-electron chi connectivity index (χ2n) is 5.80. The van der Waals surface area contributed by atoms with E-state index in [1.807, 2.05) is 24.3 Å². The van der Waals surface area contributed by atoms with Gasteiger partial charge < -0.3 is 9.94 Å². The summed E-state index contributed by atoms with van der Waals surface area (Å²) in [6.07, 6.45) is 4.39. The summed E-state index contributed by atoms with van der Waals surface area (Å²) < 4.78 is 0. The molecule has 0 spiro atoms. The highest BCUT2D eigenvalue weighted by Crippen LogP contribution is 2.22. The first-order chi connectivity index (χ1) is 10.3. The Labute approximate surface area is 130 Å². The summed E-state index contributed by atoms with van der Waals surface area (Å²) in [4.78, 5) is 7.92. The predicted octanol–water partition coefficient (Wildman–Crippen LogP) is 2.68. The van der Waals surface area contributed by atoms with E-state index in [0.717, 1.165) is 42.2 Å². The minimum atomic E-state index is 0.0860. The normalized spacial score (nSPS) is 26.5. The fourth-order valence-electron chi connectivity index (χ4n) is 3.11. The quantitative estimate of drug-likeness (QED) is 0.930. The lowest BCUT2D eigenvalue weighted by molar-refractivity contribution is 0.0151. The molecule has 2 aliphatic rings. The fraction of sp³-hybridized carbons (Fsp3) is 0.562. The van der Waals surface area contributed by atoms with E-state index in [1.165, 1.54) is 12.8 Å². The smallest absolute Gasteiger partial charge is 0.145 e. The fourth-order valence-corrected chi connectivity index (χ4v) is 3.23. The van der Waals surface area contributed by atoms with Crippen molar-refractivity contribution in [2.24, 2.45) is 5.16 Å². The van der Waals surface area contributed by atoms with Crippen molar-refractivity contribution < 1.29 is 9.94 Å². The first-order valence-electron chi connectivity index (χ1n) is 7.60. The van der Waals surface area contributed by atoms with Gasteiger partial charge in [0.05, 0.1) is 12.3 Å². The number of likely N-dealkylation sites (tertiary alicyclic amines) is 1. The lowest BCUT2D eigenvalue weighted by atomic mass is 10.0. The summed E-state index contributed by atoms with van der Waals surface area (Å²) in [5, 5.41) is 14.4. The first kappa shape index (κ1) is 14.8. The first-order valence-corrected chi connectivity index (χ1v) is 7.97. The average Bonchev–Trinajstić information content (AvgIpc) is 2.97. The molecule has 114 valence electrons. The second-order valence-corrected chi connectivity index (χ2v) is 6.24. The van der Waals surface area contributed by atoms with E-state index in [9.17, 15) is 5.11 Å². The number of benzene rings is 1. The van der Waals surface area contributed by atoms with Crippen LogP contribution in [0.25, 0.3) is 0 Å². The molecule has 1 saturated heterocycles. The SMILES string of the molecule is OC[C@H]1CCCCN1CC1CC(c2ccc(Cl)cc2)=NO1. The van der Waals surface area contributed by atoms with Crippen molar-refractivity contribution in [1.29, 1.82) is 0 Å². The van der Waals surface area contributed by atoms with Crippen molar-refractivity contribution in [3.8, 4) is 0 Å². The number of hydrogen-bond donors (Lipinski definition) is 1. The van der Waals surface area contributed by atoms with Crippen LogP contribution in [0.3, 0.4) is 0 Å². The molecule has 0 aromatic heterocycles. The Balaban J connectivity index is 1.57. The molecular formula is C16H21ClN2O2. The molecule has 2 atom stereocenters. The van der Waals surface area contributed by atoms with Gasteiger partial charge in [0.25, 0.3) is 0 Å². The van der Waals surface area contributed by atoms with Gasteiger partial charge in [0.15, 0.2) is 0 Å². The Kier molecular flexibility index (Phi) is 4.78. The van der Waals surface area contributed by atoms with E-state index < -0.39 is 0 Å². The van der Waals surface area contributed by atoms with Crippen LogP contribution < -0.4 is 0 Å². The lowest BCUT2D eigenvalue weighted by Gasteiger charge is -2.35. The van der Waals surface area contributed by atoms with Gasteiger partial charge in [-0.15, -0.1) is 0 Å². The molecule has 0 aliphatic carbocycles. The highest BCUT2D eigenvalue weighted by Gasteiger charge is 2.29. The number of nitrogens with zero attached hydrogens (tertiary/aromatic N) is 2. The number of aliphatic hydroxyl groups is 1. The zero-order chi connectivity index (χ0) is 14.7. The molecule has 0 saturated carbocycles. The number of hydrogen-bond acceptors (Lipinski definition) is 4. The monoisotopic (exact) mass is 308 g/mol. The number of rotatable bonds is 4. The largest absolute Gasteiger partial charge is 0.395 e. The molecule has 21 heavy (non-hydrogen) atoms. The maximum Gasteiger partial charge on any atom is 0.145 e. The third-order valence-corrected chi connectivity index (χ3v) is 4.56. The van der Waals surface area contributed by atoms with Crippen LogP contribution in [-0.4, -0.2) is 47.6 Å². The molecular weight excluding hydrogens is 288 g/mol. The minimum Gasteiger partial charge on any atom is -0.395 e. The molecule has 0 radical (unpaired) electrons. The number of aliphatic hydroxyl groups excluding tert-OH is 1. The van der Waals surface area contributed by atoms with E-state index in [0.29, 0.717) is 0 Å². The van der Waals surface area contributed by atoms with Gasteiger partial charge in [-0.3, -0.25) is 4.90 Å². The number of oxime groups is 1. The summed E-state index contributed by atoms with van der Waals surface area (Å²) >= 11 is 5.91. The van der Waals surface area contributed by atoms with Gasteiger partial charge in [0.1, 0.15) is 6.10 Å². The maximum absolute atomic E-state index is 9.47. The van der Waals surface area contributed by atoms with Gasteiger partial charge in [-0.1, -0.05) is 35.3 Å². The molecule has 5 heteroatoms. The molecule has 3 rings (SSSR count). The third-order valence-electron chi connectivity index (χ3n) is 4.31. The zero-order valence-corrected chi connectivity index (χ0v) is 12.8. The molecule has 1 N–H and O–H groups in total. The van der Waals surface area contributed by atoms with Gasteiger partial charge in [-0.25, -0.2) is 0 Å². The van der Waals surface area contributed by atoms with Crippen LogP contribution in [0.1, 0.15) is 31.2 Å². The van der Waals surface area contributed by atoms with Crippen LogP contribution in [0.4, 0.5) is 0 Å². The highest BCUT2D eigenvalue weighted by molar-refractivity contribution is 6.30. The van der Waals surface area contributed by atoms with Crippen LogP contribution >= 0.6 is 11.6 Å². The average molecular weight is 309 g/mol. The van der Waals surface area contributed by atoms with Gasteiger partial charge >= 0.3 is 0 Å². The zero-order valence-electron chi connectivity index (χ0n) is 12.0. The number of piperidine rings is 1. The standard InChI is InChI=1S/C16H21ClN2O2/c17-13-6-4-12(5-7-13)16-9-15(21-18-16)10-19-8-2-1-3-14(19)11-20/h4-7,14-15,20H,1-3,8-11H2/t14-,15?/m1/s1. The Morgan fingerprint density at radius 3 is 2.86 bits per heavy atom. The molecule has 0 bridgehead atoms. The molecule has 1 aromatic carbocycles. The molecule has 4 nitrogen and oxygen atoms in total. The van der Waals surface area contributed by atoms with Crippen molar-refractivity contribution >= 4 is 17.3 Å². The summed E-state index contributed by atoms with van der Waals surface area (Å²) in [6.45, 7) is 2.12. The second kappa shape index (κ2) is 6.77. The lowest BCUT2D eigenvalue weighted by Crippen LogP contribution is -2.45. The minimum absolute atomic E-state index is 0.0860. The molecule has 2 heterocycles. The third kappa shape index (κ3) is 3.57. The summed E-state index contributed by atoms with van der Waals surface area (Å²) in [5.74, 6) is 0. The highest BCUT2D eigenvalue weighted by atomic mass is 35.5. The molecule has 1 fully saturated rings. The Hall–Kier alpha value is -1.10. The molecule has 0 amide bonds. The van der Waals surface area contributed by atoms with E-state index >= 15 is 0 Å². The summed E-state index contributed by atoms with van der Waals surface area (Å²) in [6, 6.07) is 7.98. The van der Waals surface area contributed by atoms with Crippen LogP contribution in [0, 0.1) is 0 Å². The van der Waals surface area contributed by atoms with E-state index in [4.69, 9.17) is 16.4 Å². The van der Waals surface area contributed by atoms with Gasteiger partial charge in [-0.05, 0) is 37.1 Å². The number of halogens is 1.